The molecule has 2 aromatic carbocycles. The molecule has 0 aromatic heterocycles. The van der Waals surface area contributed by atoms with Gasteiger partial charge in [0.05, 0.1) is 11.1 Å². The highest BCUT2D eigenvalue weighted by Gasteiger charge is 2.34. The van der Waals surface area contributed by atoms with Gasteiger partial charge in [0.2, 0.25) is 0 Å². The molecule has 0 radical (unpaired) electrons. The van der Waals surface area contributed by atoms with Crippen LogP contribution in [0.5, 0.6) is 0 Å². The van der Waals surface area contributed by atoms with Gasteiger partial charge in [-0.05, 0) is 35.7 Å². The Morgan fingerprint density at radius 2 is 1.74 bits per heavy atom. The van der Waals surface area contributed by atoms with Crippen molar-refractivity contribution in [1.29, 1.82) is 0 Å². The molecule has 0 bridgehead atoms. The van der Waals surface area contributed by atoms with Crippen LogP contribution in [0.4, 0.5) is 13.2 Å². The molecule has 8 heteroatoms. The Morgan fingerprint density at radius 3 is 2.48 bits per heavy atom. The molecule has 1 amide bonds. The summed E-state index contributed by atoms with van der Waals surface area (Å²) in [5.74, 6) is -0.668. The van der Waals surface area contributed by atoms with E-state index >= 15 is 0 Å². The minimum atomic E-state index is -4.34. The fourth-order valence-corrected chi connectivity index (χ4v) is 4.08. The highest BCUT2D eigenvalue weighted by Crippen LogP contribution is 2.29. The summed E-state index contributed by atoms with van der Waals surface area (Å²) in [7, 11) is 0. The van der Waals surface area contributed by atoms with Crippen molar-refractivity contribution in [1.82, 2.24) is 9.80 Å². The molecular weight excluding hydrogens is 409 g/mol. The monoisotopic (exact) mass is 432 g/mol. The second-order valence-corrected chi connectivity index (χ2v) is 7.90. The number of ether oxygens (including phenoxy) is 1. The third kappa shape index (κ3) is 4.90. The molecule has 0 N–H and O–H groups in total. The lowest BCUT2D eigenvalue weighted by Crippen LogP contribution is -2.45. The maximum Gasteiger partial charge on any atom is 0.416 e. The highest BCUT2D eigenvalue weighted by molar-refractivity contribution is 5.95. The van der Waals surface area contributed by atoms with Crippen LogP contribution in [0.1, 0.15) is 33.5 Å². The van der Waals surface area contributed by atoms with E-state index in [0.717, 1.165) is 36.2 Å². The number of carbonyl (C=O) groups excluding carboxylic acids is 2. The molecule has 31 heavy (non-hydrogen) atoms. The number of esters is 1. The van der Waals surface area contributed by atoms with E-state index in [-0.39, 0.29) is 5.91 Å². The second-order valence-electron chi connectivity index (χ2n) is 7.90. The quantitative estimate of drug-likeness (QED) is 0.697. The molecule has 2 aliphatic rings. The standard InChI is InChI=1S/C23H23F3N2O3/c24-23(25,26)18-8-6-16(7-9-18)15-27-10-3-11-28(13-12-27)21(29)20-14-17-4-1-2-5-19(17)22(30)31-20/h1-2,4-9,20H,3,10-15H2. The number of carbonyl (C=O) groups is 2. The number of hydrogen-bond donors (Lipinski definition) is 0. The molecule has 164 valence electrons. The minimum absolute atomic E-state index is 0.195. The predicted molar refractivity (Wildman–Crippen MR) is 107 cm³/mol. The van der Waals surface area contributed by atoms with Crippen LogP contribution in [0.2, 0.25) is 0 Å². The summed E-state index contributed by atoms with van der Waals surface area (Å²) < 4.78 is 43.6. The van der Waals surface area contributed by atoms with Crippen molar-refractivity contribution in [2.45, 2.75) is 31.7 Å². The summed E-state index contributed by atoms with van der Waals surface area (Å²) >= 11 is 0. The summed E-state index contributed by atoms with van der Waals surface area (Å²) in [5.41, 5.74) is 1.46. The largest absolute Gasteiger partial charge is 0.448 e. The number of alkyl halides is 3. The van der Waals surface area contributed by atoms with Gasteiger partial charge in [0.25, 0.3) is 5.91 Å². The average Bonchev–Trinajstić information content (AvgIpc) is 2.98. The van der Waals surface area contributed by atoms with Gasteiger partial charge in [0, 0.05) is 39.1 Å². The van der Waals surface area contributed by atoms with E-state index < -0.39 is 23.8 Å². The number of hydrogen-bond acceptors (Lipinski definition) is 4. The Morgan fingerprint density at radius 1 is 1.00 bits per heavy atom. The molecule has 1 fully saturated rings. The third-order valence-corrected chi connectivity index (χ3v) is 5.75. The van der Waals surface area contributed by atoms with Crippen LogP contribution in [0, 0.1) is 0 Å². The third-order valence-electron chi connectivity index (χ3n) is 5.75. The van der Waals surface area contributed by atoms with Crippen molar-refractivity contribution in [3.63, 3.8) is 0 Å². The molecule has 5 nitrogen and oxygen atoms in total. The van der Waals surface area contributed by atoms with Gasteiger partial charge >= 0.3 is 12.1 Å². The number of rotatable bonds is 3. The van der Waals surface area contributed by atoms with E-state index in [9.17, 15) is 22.8 Å². The van der Waals surface area contributed by atoms with Gasteiger partial charge in [-0.1, -0.05) is 30.3 Å². The molecule has 0 saturated carbocycles. The normalized spacial score (nSPS) is 20.0. The maximum absolute atomic E-state index is 13.0. The zero-order valence-electron chi connectivity index (χ0n) is 16.9. The summed E-state index contributed by atoms with van der Waals surface area (Å²) in [4.78, 5) is 29.0. The van der Waals surface area contributed by atoms with Crippen molar-refractivity contribution in [2.75, 3.05) is 26.2 Å². The first-order chi connectivity index (χ1) is 14.8. The highest BCUT2D eigenvalue weighted by atomic mass is 19.4. The van der Waals surface area contributed by atoms with Crippen LogP contribution in [-0.4, -0.2) is 54.0 Å². The van der Waals surface area contributed by atoms with Gasteiger partial charge in [0.15, 0.2) is 6.10 Å². The van der Waals surface area contributed by atoms with Crippen LogP contribution in [0.3, 0.4) is 0 Å². The summed E-state index contributed by atoms with van der Waals surface area (Å²) in [6.45, 7) is 2.89. The Bertz CT molecular complexity index is 959. The van der Waals surface area contributed by atoms with E-state index in [1.165, 1.54) is 12.1 Å². The van der Waals surface area contributed by atoms with E-state index in [1.54, 1.807) is 17.0 Å². The lowest BCUT2D eigenvalue weighted by molar-refractivity contribution is -0.141. The van der Waals surface area contributed by atoms with Crippen LogP contribution in [0.15, 0.2) is 48.5 Å². The first-order valence-electron chi connectivity index (χ1n) is 10.3. The van der Waals surface area contributed by atoms with Gasteiger partial charge in [-0.3, -0.25) is 9.69 Å². The van der Waals surface area contributed by atoms with E-state index in [1.807, 2.05) is 12.1 Å². The molecule has 1 unspecified atom stereocenters. The van der Waals surface area contributed by atoms with Gasteiger partial charge in [-0.2, -0.15) is 13.2 Å². The number of cyclic esters (lactones) is 1. The fraction of sp³-hybridized carbons (Fsp3) is 0.391. The molecule has 2 heterocycles. The van der Waals surface area contributed by atoms with E-state index in [2.05, 4.69) is 4.90 Å². The van der Waals surface area contributed by atoms with Crippen LogP contribution < -0.4 is 0 Å². The van der Waals surface area contributed by atoms with Gasteiger partial charge in [-0.15, -0.1) is 0 Å². The average molecular weight is 432 g/mol. The topological polar surface area (TPSA) is 49.9 Å². The minimum Gasteiger partial charge on any atom is -0.448 e. The first kappa shape index (κ1) is 21.4. The number of benzene rings is 2. The Labute approximate surface area is 178 Å². The van der Waals surface area contributed by atoms with Crippen molar-refractivity contribution >= 4 is 11.9 Å². The van der Waals surface area contributed by atoms with Crippen LogP contribution in [0.25, 0.3) is 0 Å². The number of amides is 1. The number of fused-ring (bicyclic) bond motifs is 1. The summed E-state index contributed by atoms with van der Waals surface area (Å²) in [6, 6.07) is 12.3. The van der Waals surface area contributed by atoms with Crippen molar-refractivity contribution in [3.05, 3.63) is 70.8 Å². The maximum atomic E-state index is 13.0. The van der Waals surface area contributed by atoms with Crippen molar-refractivity contribution < 1.29 is 27.5 Å². The Hall–Kier alpha value is -2.87. The Kier molecular flexibility index (Phi) is 6.00. The van der Waals surface area contributed by atoms with Crippen LogP contribution in [-0.2, 0) is 28.7 Å². The smallest absolute Gasteiger partial charge is 0.416 e. The second kappa shape index (κ2) is 8.70. The molecule has 1 saturated heterocycles. The zero-order valence-corrected chi connectivity index (χ0v) is 16.9. The zero-order chi connectivity index (χ0) is 22.0. The van der Waals surface area contributed by atoms with Gasteiger partial charge in [0.1, 0.15) is 0 Å². The van der Waals surface area contributed by atoms with E-state index in [0.29, 0.717) is 38.2 Å². The molecule has 2 aromatic rings. The summed E-state index contributed by atoms with van der Waals surface area (Å²) in [6.07, 6.45) is -4.05. The predicted octanol–water partition coefficient (Wildman–Crippen LogP) is 3.52. The SMILES string of the molecule is O=C1OC(C(=O)N2CCCN(Cc3ccc(C(F)(F)F)cc3)CC2)Cc2ccccc21. The lowest BCUT2D eigenvalue weighted by atomic mass is 9.98. The van der Waals surface area contributed by atoms with Gasteiger partial charge < -0.3 is 9.64 Å². The van der Waals surface area contributed by atoms with Gasteiger partial charge in [-0.25, -0.2) is 4.79 Å². The molecule has 4 rings (SSSR count). The Balaban J connectivity index is 1.35. The lowest BCUT2D eigenvalue weighted by Gasteiger charge is -2.29. The molecule has 0 aliphatic carbocycles. The summed E-state index contributed by atoms with van der Waals surface area (Å²) in [5, 5.41) is 0. The first-order valence-corrected chi connectivity index (χ1v) is 10.3. The van der Waals surface area contributed by atoms with Crippen LogP contribution >= 0.6 is 0 Å². The fourth-order valence-electron chi connectivity index (χ4n) is 4.08. The molecule has 0 spiro atoms. The molecule has 2 aliphatic heterocycles. The molecular formula is C23H23F3N2O3. The number of nitrogens with zero attached hydrogens (tertiary/aromatic N) is 2. The molecule has 1 atom stereocenters. The number of halogens is 3. The van der Waals surface area contributed by atoms with E-state index in [4.69, 9.17) is 4.74 Å². The van der Waals surface area contributed by atoms with Crippen molar-refractivity contribution in [2.24, 2.45) is 0 Å². The van der Waals surface area contributed by atoms with Crippen molar-refractivity contribution in [3.8, 4) is 0 Å².